The Labute approximate surface area is 113 Å². The SMILES string of the molecule is CCC1(CC)CCN(C(=O)c2c(O)cccc2F)C1. The van der Waals surface area contributed by atoms with Crippen LogP contribution in [0.25, 0.3) is 0 Å². The maximum Gasteiger partial charge on any atom is 0.260 e. The van der Waals surface area contributed by atoms with Crippen LogP contribution in [-0.2, 0) is 0 Å². The van der Waals surface area contributed by atoms with E-state index in [9.17, 15) is 14.3 Å². The van der Waals surface area contributed by atoms with Gasteiger partial charge in [0, 0.05) is 13.1 Å². The minimum absolute atomic E-state index is 0.149. The highest BCUT2D eigenvalue weighted by atomic mass is 19.1. The first-order valence-corrected chi connectivity index (χ1v) is 6.80. The quantitative estimate of drug-likeness (QED) is 0.911. The summed E-state index contributed by atoms with van der Waals surface area (Å²) in [5.74, 6) is -1.34. The lowest BCUT2D eigenvalue weighted by Gasteiger charge is -2.26. The molecule has 0 spiro atoms. The van der Waals surface area contributed by atoms with Crippen molar-refractivity contribution >= 4 is 5.91 Å². The Morgan fingerprint density at radius 3 is 2.63 bits per heavy atom. The Kier molecular flexibility index (Phi) is 3.78. The van der Waals surface area contributed by atoms with Gasteiger partial charge in [0.25, 0.3) is 5.91 Å². The standard InChI is InChI=1S/C15H20FNO2/c1-3-15(4-2)8-9-17(10-15)14(19)13-11(16)6-5-7-12(13)18/h5-7,18H,3-4,8-10H2,1-2H3. The number of carbonyl (C=O) groups excluding carboxylic acids is 1. The molecular formula is C15H20FNO2. The molecule has 0 unspecified atom stereocenters. The van der Waals surface area contributed by atoms with E-state index in [1.54, 1.807) is 4.90 Å². The second kappa shape index (κ2) is 5.19. The van der Waals surface area contributed by atoms with Gasteiger partial charge in [-0.25, -0.2) is 4.39 Å². The number of likely N-dealkylation sites (tertiary alicyclic amines) is 1. The van der Waals surface area contributed by atoms with Crippen LogP contribution in [0, 0.1) is 11.2 Å². The van der Waals surface area contributed by atoms with Crippen molar-refractivity contribution in [2.75, 3.05) is 13.1 Å². The lowest BCUT2D eigenvalue weighted by Crippen LogP contribution is -2.32. The Morgan fingerprint density at radius 1 is 1.42 bits per heavy atom. The van der Waals surface area contributed by atoms with Crippen LogP contribution in [0.3, 0.4) is 0 Å². The maximum atomic E-state index is 13.7. The predicted molar refractivity (Wildman–Crippen MR) is 71.6 cm³/mol. The van der Waals surface area contributed by atoms with Crippen molar-refractivity contribution < 1.29 is 14.3 Å². The summed E-state index contributed by atoms with van der Waals surface area (Å²) in [6.07, 6.45) is 2.97. The fraction of sp³-hybridized carbons (Fsp3) is 0.533. The third kappa shape index (κ3) is 2.44. The van der Waals surface area contributed by atoms with E-state index >= 15 is 0 Å². The Bertz CT molecular complexity index is 463. The summed E-state index contributed by atoms with van der Waals surface area (Å²) in [7, 11) is 0. The van der Waals surface area contributed by atoms with Gasteiger partial charge in [-0.2, -0.15) is 0 Å². The van der Waals surface area contributed by atoms with Crippen molar-refractivity contribution in [3.05, 3.63) is 29.6 Å². The van der Waals surface area contributed by atoms with Crippen LogP contribution >= 0.6 is 0 Å². The van der Waals surface area contributed by atoms with Gasteiger partial charge in [-0.05, 0) is 36.8 Å². The molecule has 1 aromatic rings. The molecule has 1 aliphatic heterocycles. The zero-order valence-electron chi connectivity index (χ0n) is 11.4. The van der Waals surface area contributed by atoms with Crippen LogP contribution in [0.15, 0.2) is 18.2 Å². The summed E-state index contributed by atoms with van der Waals surface area (Å²) in [4.78, 5) is 14.0. The van der Waals surface area contributed by atoms with Crippen molar-refractivity contribution in [2.24, 2.45) is 5.41 Å². The molecule has 4 heteroatoms. The Hall–Kier alpha value is -1.58. The second-order valence-corrected chi connectivity index (χ2v) is 5.32. The summed E-state index contributed by atoms with van der Waals surface area (Å²) in [6, 6.07) is 3.95. The molecule has 0 bridgehead atoms. The van der Waals surface area contributed by atoms with E-state index in [1.807, 2.05) is 0 Å². The van der Waals surface area contributed by atoms with Gasteiger partial charge >= 0.3 is 0 Å². The number of phenolic OH excluding ortho intramolecular Hbond substituents is 1. The van der Waals surface area contributed by atoms with Crippen LogP contribution in [0.4, 0.5) is 4.39 Å². The van der Waals surface area contributed by atoms with Crippen LogP contribution in [0.1, 0.15) is 43.5 Å². The zero-order valence-corrected chi connectivity index (χ0v) is 11.4. The fourth-order valence-electron chi connectivity index (χ4n) is 2.82. The van der Waals surface area contributed by atoms with Gasteiger partial charge in [-0.15, -0.1) is 0 Å². The number of aromatic hydroxyl groups is 1. The van der Waals surface area contributed by atoms with Gasteiger partial charge in [-0.3, -0.25) is 4.79 Å². The van der Waals surface area contributed by atoms with Crippen molar-refractivity contribution in [2.45, 2.75) is 33.1 Å². The summed E-state index contributed by atoms with van der Waals surface area (Å²) in [6.45, 7) is 5.52. The molecule has 1 fully saturated rings. The Morgan fingerprint density at radius 2 is 2.11 bits per heavy atom. The normalized spacial score (nSPS) is 17.7. The summed E-state index contributed by atoms with van der Waals surface area (Å²) in [5, 5.41) is 9.68. The number of hydrogen-bond donors (Lipinski definition) is 1. The molecule has 1 amide bonds. The number of rotatable bonds is 3. The monoisotopic (exact) mass is 265 g/mol. The fourth-order valence-corrected chi connectivity index (χ4v) is 2.82. The van der Waals surface area contributed by atoms with Crippen LogP contribution in [0.2, 0.25) is 0 Å². The van der Waals surface area contributed by atoms with E-state index in [-0.39, 0.29) is 16.7 Å². The number of hydrogen-bond acceptors (Lipinski definition) is 2. The van der Waals surface area contributed by atoms with E-state index in [4.69, 9.17) is 0 Å². The molecule has 1 N–H and O–H groups in total. The first kappa shape index (κ1) is 13.8. The molecule has 1 aliphatic rings. The summed E-state index contributed by atoms with van der Waals surface area (Å²) >= 11 is 0. The van der Waals surface area contributed by atoms with Gasteiger partial charge in [0.05, 0.1) is 0 Å². The minimum atomic E-state index is -0.657. The average Bonchev–Trinajstić information content (AvgIpc) is 2.83. The molecule has 0 aromatic heterocycles. The average molecular weight is 265 g/mol. The molecule has 19 heavy (non-hydrogen) atoms. The topological polar surface area (TPSA) is 40.5 Å². The molecule has 1 heterocycles. The lowest BCUT2D eigenvalue weighted by molar-refractivity contribution is 0.0762. The largest absolute Gasteiger partial charge is 0.507 e. The number of benzene rings is 1. The molecule has 0 saturated carbocycles. The maximum absolute atomic E-state index is 13.7. The summed E-state index contributed by atoms with van der Waals surface area (Å²) in [5.41, 5.74) is -0.0539. The van der Waals surface area contributed by atoms with E-state index in [2.05, 4.69) is 13.8 Å². The van der Waals surface area contributed by atoms with E-state index < -0.39 is 11.7 Å². The van der Waals surface area contributed by atoms with Crippen LogP contribution in [-0.4, -0.2) is 29.0 Å². The third-order valence-electron chi connectivity index (χ3n) is 4.43. The van der Waals surface area contributed by atoms with Crippen molar-refractivity contribution in [1.29, 1.82) is 0 Å². The van der Waals surface area contributed by atoms with Gasteiger partial charge in [0.15, 0.2) is 0 Å². The van der Waals surface area contributed by atoms with Gasteiger partial charge < -0.3 is 10.0 Å². The third-order valence-corrected chi connectivity index (χ3v) is 4.43. The molecule has 1 saturated heterocycles. The molecule has 0 aliphatic carbocycles. The highest BCUT2D eigenvalue weighted by Crippen LogP contribution is 2.38. The molecular weight excluding hydrogens is 245 g/mol. The number of nitrogens with zero attached hydrogens (tertiary/aromatic N) is 1. The Balaban J connectivity index is 2.23. The predicted octanol–water partition coefficient (Wildman–Crippen LogP) is 3.18. The smallest absolute Gasteiger partial charge is 0.260 e. The minimum Gasteiger partial charge on any atom is -0.507 e. The van der Waals surface area contributed by atoms with Crippen LogP contribution < -0.4 is 0 Å². The van der Waals surface area contributed by atoms with Crippen LogP contribution in [0.5, 0.6) is 5.75 Å². The second-order valence-electron chi connectivity index (χ2n) is 5.32. The van der Waals surface area contributed by atoms with Crippen molar-refractivity contribution in [3.63, 3.8) is 0 Å². The number of amides is 1. The highest BCUT2D eigenvalue weighted by Gasteiger charge is 2.38. The van der Waals surface area contributed by atoms with Crippen molar-refractivity contribution in [1.82, 2.24) is 4.90 Å². The molecule has 3 nitrogen and oxygen atoms in total. The van der Waals surface area contributed by atoms with Gasteiger partial charge in [0.2, 0.25) is 0 Å². The van der Waals surface area contributed by atoms with Crippen molar-refractivity contribution in [3.8, 4) is 5.75 Å². The summed E-state index contributed by atoms with van der Waals surface area (Å²) < 4.78 is 13.7. The lowest BCUT2D eigenvalue weighted by atomic mass is 9.82. The van der Waals surface area contributed by atoms with E-state index in [1.165, 1.54) is 18.2 Å². The zero-order chi connectivity index (χ0) is 14.0. The molecule has 0 radical (unpaired) electrons. The number of phenols is 1. The first-order valence-electron chi connectivity index (χ1n) is 6.80. The van der Waals surface area contributed by atoms with Gasteiger partial charge in [0.1, 0.15) is 17.1 Å². The highest BCUT2D eigenvalue weighted by molar-refractivity contribution is 5.97. The molecule has 0 atom stereocenters. The first-order chi connectivity index (χ1) is 9.03. The number of halogens is 1. The molecule has 1 aromatic carbocycles. The molecule has 104 valence electrons. The van der Waals surface area contributed by atoms with E-state index in [0.29, 0.717) is 13.1 Å². The van der Waals surface area contributed by atoms with Gasteiger partial charge in [-0.1, -0.05) is 19.9 Å². The van der Waals surface area contributed by atoms with E-state index in [0.717, 1.165) is 19.3 Å². The molecule has 2 rings (SSSR count). The number of carbonyl (C=O) groups is 1.